The van der Waals surface area contributed by atoms with Gasteiger partial charge in [-0.25, -0.2) is 0 Å². The van der Waals surface area contributed by atoms with Crippen LogP contribution in [0.2, 0.25) is 0 Å². The zero-order chi connectivity index (χ0) is 12.1. The van der Waals surface area contributed by atoms with Crippen LogP contribution in [0.25, 0.3) is 0 Å². The first-order valence-electron chi connectivity index (χ1n) is 5.48. The van der Waals surface area contributed by atoms with E-state index in [2.05, 4.69) is 6.58 Å². The average molecular weight is 232 g/mol. The van der Waals surface area contributed by atoms with Gasteiger partial charge in [0.1, 0.15) is 0 Å². The van der Waals surface area contributed by atoms with Gasteiger partial charge >= 0.3 is 8.80 Å². The first kappa shape index (κ1) is 14.8. The molecule has 0 aliphatic rings. The van der Waals surface area contributed by atoms with Gasteiger partial charge in [0.05, 0.1) is 0 Å². The summed E-state index contributed by atoms with van der Waals surface area (Å²) in [4.78, 5) is 0. The van der Waals surface area contributed by atoms with Crippen LogP contribution in [-0.2, 0) is 13.3 Å². The topological polar surface area (TPSA) is 27.7 Å². The van der Waals surface area contributed by atoms with Crippen LogP contribution >= 0.6 is 0 Å². The van der Waals surface area contributed by atoms with Crippen molar-refractivity contribution in [1.82, 2.24) is 0 Å². The second-order valence-corrected chi connectivity index (χ2v) is 6.63. The summed E-state index contributed by atoms with van der Waals surface area (Å²) >= 11 is 0. The van der Waals surface area contributed by atoms with E-state index in [1.165, 1.54) is 0 Å². The van der Waals surface area contributed by atoms with Crippen molar-refractivity contribution >= 4 is 8.80 Å². The third-order valence-corrected chi connectivity index (χ3v) is 4.35. The van der Waals surface area contributed by atoms with Crippen molar-refractivity contribution in [2.24, 2.45) is 0 Å². The lowest BCUT2D eigenvalue weighted by Crippen LogP contribution is -2.49. The zero-order valence-corrected chi connectivity index (χ0v) is 11.7. The predicted octanol–water partition coefficient (Wildman–Crippen LogP) is 2.93. The summed E-state index contributed by atoms with van der Waals surface area (Å²) in [5.74, 6) is 0. The summed E-state index contributed by atoms with van der Waals surface area (Å²) in [6.45, 7) is 15.6. The van der Waals surface area contributed by atoms with Gasteiger partial charge in [0.25, 0.3) is 0 Å². The van der Waals surface area contributed by atoms with E-state index in [1.807, 2.05) is 41.5 Å². The van der Waals surface area contributed by atoms with Crippen molar-refractivity contribution in [3.63, 3.8) is 0 Å². The SMILES string of the molecule is C=C[Si](OC(C)C)(OC(C)C)OC(C)C. The van der Waals surface area contributed by atoms with Crippen LogP contribution in [0.4, 0.5) is 0 Å². The Hall–Kier alpha value is -0.163. The third kappa shape index (κ3) is 6.09. The van der Waals surface area contributed by atoms with Gasteiger partial charge in [0, 0.05) is 18.3 Å². The quantitative estimate of drug-likeness (QED) is 0.632. The molecule has 0 N–H and O–H groups in total. The molecule has 0 aromatic carbocycles. The summed E-state index contributed by atoms with van der Waals surface area (Å²) < 4.78 is 17.4. The van der Waals surface area contributed by atoms with E-state index >= 15 is 0 Å². The molecular weight excluding hydrogens is 208 g/mol. The van der Waals surface area contributed by atoms with Crippen LogP contribution in [0.15, 0.2) is 12.3 Å². The van der Waals surface area contributed by atoms with Crippen molar-refractivity contribution in [3.8, 4) is 0 Å². The second kappa shape index (κ2) is 6.43. The molecule has 0 saturated heterocycles. The Morgan fingerprint density at radius 2 is 1.07 bits per heavy atom. The Bertz CT molecular complexity index is 164. The van der Waals surface area contributed by atoms with Gasteiger partial charge < -0.3 is 13.3 Å². The molecule has 0 fully saturated rings. The monoisotopic (exact) mass is 232 g/mol. The number of rotatable bonds is 7. The maximum Gasteiger partial charge on any atom is 0.529 e. The Morgan fingerprint density at radius 3 is 1.20 bits per heavy atom. The lowest BCUT2D eigenvalue weighted by atomic mass is 10.5. The Labute approximate surface area is 94.8 Å². The molecule has 0 bridgehead atoms. The molecule has 0 atom stereocenters. The van der Waals surface area contributed by atoms with E-state index in [4.69, 9.17) is 13.3 Å². The van der Waals surface area contributed by atoms with Gasteiger partial charge in [-0.05, 0) is 47.2 Å². The van der Waals surface area contributed by atoms with Gasteiger partial charge in [0.15, 0.2) is 0 Å². The van der Waals surface area contributed by atoms with Crippen molar-refractivity contribution in [3.05, 3.63) is 12.3 Å². The summed E-state index contributed by atoms with van der Waals surface area (Å²) in [7, 11) is -2.69. The molecule has 0 unspecified atom stereocenters. The van der Waals surface area contributed by atoms with Crippen LogP contribution in [0.1, 0.15) is 41.5 Å². The smallest absolute Gasteiger partial charge is 0.368 e. The van der Waals surface area contributed by atoms with E-state index in [1.54, 1.807) is 5.70 Å². The highest BCUT2D eigenvalue weighted by molar-refractivity contribution is 6.66. The molecule has 0 rings (SSSR count). The molecule has 15 heavy (non-hydrogen) atoms. The molecule has 0 spiro atoms. The predicted molar refractivity (Wildman–Crippen MR) is 64.6 cm³/mol. The molecule has 0 saturated carbocycles. The molecule has 0 aromatic rings. The van der Waals surface area contributed by atoms with Crippen molar-refractivity contribution in [1.29, 1.82) is 0 Å². The van der Waals surface area contributed by atoms with Crippen molar-refractivity contribution in [2.75, 3.05) is 0 Å². The number of hydrogen-bond donors (Lipinski definition) is 0. The highest BCUT2D eigenvalue weighted by Gasteiger charge is 2.40. The molecule has 0 amide bonds. The summed E-state index contributed by atoms with van der Waals surface area (Å²) in [6.07, 6.45) is 0.228. The van der Waals surface area contributed by atoms with Crippen LogP contribution in [0.5, 0.6) is 0 Å². The highest BCUT2D eigenvalue weighted by Crippen LogP contribution is 2.18. The van der Waals surface area contributed by atoms with Gasteiger partial charge in [-0.1, -0.05) is 6.58 Å². The third-order valence-electron chi connectivity index (χ3n) is 1.45. The minimum atomic E-state index is -2.69. The number of hydrogen-bond acceptors (Lipinski definition) is 3. The summed E-state index contributed by atoms with van der Waals surface area (Å²) in [6, 6.07) is 0. The van der Waals surface area contributed by atoms with E-state index in [9.17, 15) is 0 Å². The molecule has 0 aliphatic heterocycles. The average Bonchev–Trinajstić information content (AvgIpc) is 1.99. The molecule has 0 aromatic heterocycles. The first-order valence-corrected chi connectivity index (χ1v) is 7.28. The maximum absolute atomic E-state index is 5.79. The lowest BCUT2D eigenvalue weighted by Gasteiger charge is -2.31. The molecule has 3 nitrogen and oxygen atoms in total. The lowest BCUT2D eigenvalue weighted by molar-refractivity contribution is 0.0140. The molecule has 4 heteroatoms. The van der Waals surface area contributed by atoms with Crippen LogP contribution in [0.3, 0.4) is 0 Å². The zero-order valence-electron chi connectivity index (χ0n) is 10.7. The molecular formula is C11H24O3Si. The fourth-order valence-electron chi connectivity index (χ4n) is 1.21. The van der Waals surface area contributed by atoms with Crippen molar-refractivity contribution in [2.45, 2.75) is 59.9 Å². The van der Waals surface area contributed by atoms with E-state index in [-0.39, 0.29) is 18.3 Å². The minimum Gasteiger partial charge on any atom is -0.368 e. The summed E-state index contributed by atoms with van der Waals surface area (Å²) in [5, 5.41) is 0. The van der Waals surface area contributed by atoms with E-state index in [0.717, 1.165) is 0 Å². The first-order chi connectivity index (χ1) is 6.81. The van der Waals surface area contributed by atoms with Crippen LogP contribution < -0.4 is 0 Å². The normalized spacial score (nSPS) is 12.9. The fraction of sp³-hybridized carbons (Fsp3) is 0.818. The largest absolute Gasteiger partial charge is 0.529 e. The van der Waals surface area contributed by atoms with Gasteiger partial charge in [-0.2, -0.15) is 0 Å². The van der Waals surface area contributed by atoms with Gasteiger partial charge in [-0.15, -0.1) is 0 Å². The van der Waals surface area contributed by atoms with E-state index < -0.39 is 8.80 Å². The maximum atomic E-state index is 5.79. The van der Waals surface area contributed by atoms with Gasteiger partial charge in [0.2, 0.25) is 0 Å². The standard InChI is InChI=1S/C11H24O3Si/c1-8-15(12-9(2)3,13-10(4)5)14-11(6)7/h8-11H,1H2,2-7H3. The molecule has 0 heterocycles. The van der Waals surface area contributed by atoms with E-state index in [0.29, 0.717) is 0 Å². The fourth-order valence-corrected chi connectivity index (χ4v) is 3.64. The molecule has 90 valence electrons. The molecule has 0 radical (unpaired) electrons. The summed E-state index contributed by atoms with van der Waals surface area (Å²) in [5.41, 5.74) is 1.70. The van der Waals surface area contributed by atoms with Crippen molar-refractivity contribution < 1.29 is 13.3 Å². The van der Waals surface area contributed by atoms with Gasteiger partial charge in [-0.3, -0.25) is 0 Å². The second-order valence-electron chi connectivity index (χ2n) is 4.31. The van der Waals surface area contributed by atoms with Crippen LogP contribution in [-0.4, -0.2) is 27.1 Å². The Kier molecular flexibility index (Phi) is 6.36. The Morgan fingerprint density at radius 1 is 0.800 bits per heavy atom. The molecule has 0 aliphatic carbocycles. The van der Waals surface area contributed by atoms with Crippen LogP contribution in [0, 0.1) is 0 Å². The highest BCUT2D eigenvalue weighted by atomic mass is 28.4. The Balaban J connectivity index is 4.66. The minimum absolute atomic E-state index is 0.0761.